The molecule has 6 rings (SSSR count). The minimum atomic E-state index is -0.524. The summed E-state index contributed by atoms with van der Waals surface area (Å²) < 4.78 is 13.9. The molecule has 0 fully saturated rings. The summed E-state index contributed by atoms with van der Waals surface area (Å²) in [6.07, 6.45) is 6.32. The Hall–Kier alpha value is -4.79. The number of rotatable bonds is 3. The summed E-state index contributed by atoms with van der Waals surface area (Å²) in [7, 11) is 0. The van der Waals surface area contributed by atoms with Gasteiger partial charge in [0.15, 0.2) is 5.65 Å². The van der Waals surface area contributed by atoms with Gasteiger partial charge in [-0.2, -0.15) is 5.10 Å². The molecule has 5 heterocycles. The summed E-state index contributed by atoms with van der Waals surface area (Å²) in [4.78, 5) is 16.1. The topological polar surface area (TPSA) is 124 Å². The van der Waals surface area contributed by atoms with E-state index in [0.29, 0.717) is 28.2 Å². The molecular weight excluding hydrogens is 423 g/mol. The number of halogens is 1. The number of fused-ring (bicyclic) bond motifs is 2. The van der Waals surface area contributed by atoms with Gasteiger partial charge in [-0.15, -0.1) is 0 Å². The Labute approximate surface area is 185 Å². The average molecular weight is 438 g/mol. The standard InChI is InChI=1S/C24H15FN6O2/c25-15-3-12(4-16(32)7-15)18-1-2-27-23-19(18)8-21(29-23)22-20-6-14(10-28-24(20)31-30-22)13-5-17(33)11-26-9-13/h1-11,32-33H,(H,27,29)(H,28,30,31). The van der Waals surface area contributed by atoms with Crippen molar-refractivity contribution in [2.24, 2.45) is 0 Å². The van der Waals surface area contributed by atoms with Crippen LogP contribution >= 0.6 is 0 Å². The Morgan fingerprint density at radius 1 is 0.758 bits per heavy atom. The summed E-state index contributed by atoms with van der Waals surface area (Å²) in [5.74, 6) is -0.606. The van der Waals surface area contributed by atoms with Gasteiger partial charge in [-0.05, 0) is 47.5 Å². The highest BCUT2D eigenvalue weighted by atomic mass is 19.1. The van der Waals surface area contributed by atoms with Gasteiger partial charge in [-0.25, -0.2) is 14.4 Å². The highest BCUT2D eigenvalue weighted by Gasteiger charge is 2.16. The van der Waals surface area contributed by atoms with Crippen molar-refractivity contribution in [3.05, 3.63) is 73.1 Å². The third-order valence-electron chi connectivity index (χ3n) is 5.45. The maximum atomic E-state index is 13.9. The van der Waals surface area contributed by atoms with Crippen molar-refractivity contribution in [3.63, 3.8) is 0 Å². The molecule has 0 spiro atoms. The molecule has 1 aromatic carbocycles. The monoisotopic (exact) mass is 438 g/mol. The predicted molar refractivity (Wildman–Crippen MR) is 121 cm³/mol. The van der Waals surface area contributed by atoms with E-state index in [1.165, 1.54) is 18.3 Å². The largest absolute Gasteiger partial charge is 0.508 e. The number of aromatic amines is 2. The van der Waals surface area contributed by atoms with E-state index >= 15 is 0 Å². The lowest BCUT2D eigenvalue weighted by atomic mass is 10.0. The lowest BCUT2D eigenvalue weighted by molar-refractivity contribution is 0.469. The van der Waals surface area contributed by atoms with Crippen molar-refractivity contribution in [2.45, 2.75) is 0 Å². The van der Waals surface area contributed by atoms with Gasteiger partial charge in [0.25, 0.3) is 0 Å². The van der Waals surface area contributed by atoms with E-state index in [9.17, 15) is 14.6 Å². The minimum absolute atomic E-state index is 0.0672. The first kappa shape index (κ1) is 18.9. The summed E-state index contributed by atoms with van der Waals surface area (Å²) in [6, 6.07) is 11.1. The fourth-order valence-corrected chi connectivity index (χ4v) is 3.99. The zero-order valence-corrected chi connectivity index (χ0v) is 16.9. The number of nitrogens with zero attached hydrogens (tertiary/aromatic N) is 4. The summed E-state index contributed by atoms with van der Waals surface area (Å²) in [5.41, 5.74) is 5.30. The predicted octanol–water partition coefficient (Wildman–Crippen LogP) is 4.78. The van der Waals surface area contributed by atoms with Crippen molar-refractivity contribution >= 4 is 22.1 Å². The maximum Gasteiger partial charge on any atom is 0.155 e. The average Bonchev–Trinajstić information content (AvgIpc) is 3.41. The number of benzene rings is 1. The van der Waals surface area contributed by atoms with Crippen LogP contribution < -0.4 is 0 Å². The molecule has 33 heavy (non-hydrogen) atoms. The first-order valence-corrected chi connectivity index (χ1v) is 10.0. The van der Waals surface area contributed by atoms with Crippen LogP contribution in [0.15, 0.2) is 67.3 Å². The van der Waals surface area contributed by atoms with Gasteiger partial charge in [0.1, 0.15) is 28.7 Å². The number of aromatic hydroxyl groups is 2. The third-order valence-corrected chi connectivity index (χ3v) is 5.45. The molecule has 0 radical (unpaired) electrons. The second-order valence-electron chi connectivity index (χ2n) is 7.63. The van der Waals surface area contributed by atoms with Gasteiger partial charge in [-0.3, -0.25) is 10.1 Å². The van der Waals surface area contributed by atoms with Crippen molar-refractivity contribution in [1.82, 2.24) is 30.1 Å². The molecule has 0 aliphatic rings. The number of aromatic nitrogens is 6. The quantitative estimate of drug-likeness (QED) is 0.315. The molecule has 8 nitrogen and oxygen atoms in total. The fraction of sp³-hybridized carbons (Fsp3) is 0. The molecule has 5 aromatic heterocycles. The molecule has 0 bridgehead atoms. The third kappa shape index (κ3) is 3.23. The molecule has 4 N–H and O–H groups in total. The van der Waals surface area contributed by atoms with Crippen molar-refractivity contribution in [3.8, 4) is 45.1 Å². The van der Waals surface area contributed by atoms with Crippen molar-refractivity contribution in [2.75, 3.05) is 0 Å². The van der Waals surface area contributed by atoms with Crippen LogP contribution in [0, 0.1) is 5.82 Å². The van der Waals surface area contributed by atoms with Crippen LogP contribution in [0.2, 0.25) is 0 Å². The number of phenolic OH excluding ortho intramolecular Hbond substituents is 1. The highest BCUT2D eigenvalue weighted by Crippen LogP contribution is 2.35. The second kappa shape index (κ2) is 7.13. The van der Waals surface area contributed by atoms with Gasteiger partial charge >= 0.3 is 0 Å². The number of hydrogen-bond donors (Lipinski definition) is 4. The molecule has 0 saturated carbocycles. The minimum Gasteiger partial charge on any atom is -0.508 e. The second-order valence-corrected chi connectivity index (χ2v) is 7.63. The zero-order valence-electron chi connectivity index (χ0n) is 16.9. The van der Waals surface area contributed by atoms with Crippen LogP contribution in [0.3, 0.4) is 0 Å². The first-order valence-electron chi connectivity index (χ1n) is 10.0. The molecule has 0 amide bonds. The molecule has 0 unspecified atom stereocenters. The Kier molecular flexibility index (Phi) is 4.09. The lowest BCUT2D eigenvalue weighted by Gasteiger charge is -2.04. The van der Waals surface area contributed by atoms with Crippen molar-refractivity contribution in [1.29, 1.82) is 0 Å². The van der Waals surface area contributed by atoms with Crippen LogP contribution in [0.5, 0.6) is 11.5 Å². The Balaban J connectivity index is 1.51. The van der Waals surface area contributed by atoms with Gasteiger partial charge < -0.3 is 15.2 Å². The van der Waals surface area contributed by atoms with Crippen LogP contribution in [-0.4, -0.2) is 40.3 Å². The van der Waals surface area contributed by atoms with Gasteiger partial charge in [0, 0.05) is 46.6 Å². The van der Waals surface area contributed by atoms with E-state index in [0.717, 1.165) is 33.5 Å². The SMILES string of the molecule is Oc1cncc(-c2cnc3[nH]nc(-c4cc5c(-c6cc(O)cc(F)c6)ccnc5[nH]4)c3c2)c1. The molecular formula is C24H15FN6O2. The van der Waals surface area contributed by atoms with E-state index in [2.05, 4.69) is 30.1 Å². The number of H-pyrrole nitrogens is 2. The van der Waals surface area contributed by atoms with E-state index in [-0.39, 0.29) is 11.5 Å². The highest BCUT2D eigenvalue weighted by molar-refractivity contribution is 5.99. The Morgan fingerprint density at radius 3 is 2.45 bits per heavy atom. The number of nitrogens with one attached hydrogen (secondary N) is 2. The van der Waals surface area contributed by atoms with Crippen molar-refractivity contribution < 1.29 is 14.6 Å². The van der Waals surface area contributed by atoms with Crippen LogP contribution in [0.25, 0.3) is 55.7 Å². The smallest absolute Gasteiger partial charge is 0.155 e. The van der Waals surface area contributed by atoms with Crippen LogP contribution in [0.1, 0.15) is 0 Å². The van der Waals surface area contributed by atoms with Gasteiger partial charge in [-0.1, -0.05) is 0 Å². The number of pyridine rings is 3. The van der Waals surface area contributed by atoms with E-state index in [1.807, 2.05) is 12.1 Å². The molecule has 6 aromatic rings. The molecule has 0 aliphatic carbocycles. The zero-order chi connectivity index (χ0) is 22.5. The summed E-state index contributed by atoms with van der Waals surface area (Å²) in [6.45, 7) is 0. The molecule has 0 aliphatic heterocycles. The first-order chi connectivity index (χ1) is 16.0. The normalized spacial score (nSPS) is 11.4. The molecule has 9 heteroatoms. The van der Waals surface area contributed by atoms with E-state index in [1.54, 1.807) is 30.7 Å². The molecule has 0 saturated heterocycles. The summed E-state index contributed by atoms with van der Waals surface area (Å²) >= 11 is 0. The molecule has 0 atom stereocenters. The molecule has 160 valence electrons. The number of phenols is 1. The Bertz CT molecular complexity index is 1650. The van der Waals surface area contributed by atoms with E-state index < -0.39 is 5.82 Å². The fourth-order valence-electron chi connectivity index (χ4n) is 3.99. The van der Waals surface area contributed by atoms with Gasteiger partial charge in [0.2, 0.25) is 0 Å². The van der Waals surface area contributed by atoms with E-state index in [4.69, 9.17) is 0 Å². The van der Waals surface area contributed by atoms with Crippen LogP contribution in [-0.2, 0) is 0 Å². The van der Waals surface area contributed by atoms with Crippen LogP contribution in [0.4, 0.5) is 4.39 Å². The summed E-state index contributed by atoms with van der Waals surface area (Å²) in [5, 5.41) is 28.5. The maximum absolute atomic E-state index is 13.9. The number of hydrogen-bond acceptors (Lipinski definition) is 6. The lowest BCUT2D eigenvalue weighted by Crippen LogP contribution is -1.84. The Morgan fingerprint density at radius 2 is 1.61 bits per heavy atom. The van der Waals surface area contributed by atoms with Gasteiger partial charge in [0.05, 0.1) is 11.9 Å².